The normalized spacial score (nSPS) is 10.9. The third-order valence-electron chi connectivity index (χ3n) is 4.04. The lowest BCUT2D eigenvalue weighted by molar-refractivity contribution is 0.482. The Kier molecular flexibility index (Phi) is 4.94. The minimum absolute atomic E-state index is 0.0878. The second-order valence-electron chi connectivity index (χ2n) is 6.16. The maximum atomic E-state index is 5.85. The van der Waals surface area contributed by atoms with Gasteiger partial charge in [-0.2, -0.15) is 9.97 Å². The van der Waals surface area contributed by atoms with E-state index in [1.807, 2.05) is 54.6 Å². The number of para-hydroxylation sites is 1. The first kappa shape index (κ1) is 17.6. The Morgan fingerprint density at radius 3 is 2.36 bits per heavy atom. The zero-order valence-electron chi connectivity index (χ0n) is 15.0. The van der Waals surface area contributed by atoms with Crippen LogP contribution in [0.3, 0.4) is 0 Å². The van der Waals surface area contributed by atoms with Gasteiger partial charge in [0.15, 0.2) is 17.0 Å². The number of hydrogen-bond donors (Lipinski definition) is 3. The number of anilines is 2. The summed E-state index contributed by atoms with van der Waals surface area (Å²) in [7, 11) is 0. The minimum Gasteiger partial charge on any atom is -0.457 e. The Balaban J connectivity index is 1.35. The molecule has 0 amide bonds. The Bertz CT molecular complexity index is 1080. The van der Waals surface area contributed by atoms with Crippen LogP contribution in [0, 0.1) is 0 Å². The number of benzene rings is 2. The van der Waals surface area contributed by atoms with Crippen molar-refractivity contribution < 1.29 is 4.74 Å². The molecule has 2 heterocycles. The molecule has 2 aromatic carbocycles. The quantitative estimate of drug-likeness (QED) is 0.471. The summed E-state index contributed by atoms with van der Waals surface area (Å²) >= 11 is 0. The highest BCUT2D eigenvalue weighted by Gasteiger charge is 2.07. The van der Waals surface area contributed by atoms with Crippen molar-refractivity contribution in [2.24, 2.45) is 0 Å². The van der Waals surface area contributed by atoms with E-state index in [0.29, 0.717) is 24.3 Å². The van der Waals surface area contributed by atoms with Crippen LogP contribution in [0.1, 0.15) is 11.3 Å². The van der Waals surface area contributed by atoms with Crippen molar-refractivity contribution in [1.29, 1.82) is 0 Å². The number of fused-ring (bicyclic) bond motifs is 1. The van der Waals surface area contributed by atoms with Crippen molar-refractivity contribution >= 4 is 22.9 Å². The third-order valence-corrected chi connectivity index (χ3v) is 4.04. The van der Waals surface area contributed by atoms with Gasteiger partial charge in [0.1, 0.15) is 11.5 Å². The largest absolute Gasteiger partial charge is 0.457 e. The van der Waals surface area contributed by atoms with Gasteiger partial charge in [0.05, 0.1) is 11.9 Å². The third kappa shape index (κ3) is 4.13. The summed E-state index contributed by atoms with van der Waals surface area (Å²) in [5.41, 5.74) is 14.1. The van der Waals surface area contributed by atoms with Crippen LogP contribution in [-0.4, -0.2) is 19.9 Å². The molecule has 4 rings (SSSR count). The van der Waals surface area contributed by atoms with Gasteiger partial charge in [0, 0.05) is 13.1 Å². The SMILES string of the molecule is Nc1nc(N)c2nc(CNCc3ccc(Oc4ccccc4)cc3)cnc2n1. The fourth-order valence-corrected chi connectivity index (χ4v) is 2.70. The van der Waals surface area contributed by atoms with Crippen LogP contribution >= 0.6 is 0 Å². The average Bonchev–Trinajstić information content (AvgIpc) is 2.70. The molecule has 0 unspecified atom stereocenters. The monoisotopic (exact) mass is 373 g/mol. The van der Waals surface area contributed by atoms with Gasteiger partial charge < -0.3 is 21.5 Å². The molecule has 0 aliphatic rings. The van der Waals surface area contributed by atoms with Crippen molar-refractivity contribution in [1.82, 2.24) is 25.3 Å². The molecule has 4 aromatic rings. The molecular formula is C20H19N7O. The number of aromatic nitrogens is 4. The van der Waals surface area contributed by atoms with E-state index < -0.39 is 0 Å². The molecule has 0 radical (unpaired) electrons. The Hall–Kier alpha value is -3.78. The van der Waals surface area contributed by atoms with E-state index >= 15 is 0 Å². The first-order valence-electron chi connectivity index (χ1n) is 8.74. The summed E-state index contributed by atoms with van der Waals surface area (Å²) in [6.45, 7) is 1.22. The molecule has 0 spiro atoms. The van der Waals surface area contributed by atoms with Gasteiger partial charge in [-0.05, 0) is 29.8 Å². The molecule has 8 nitrogen and oxygen atoms in total. The number of nitrogens with one attached hydrogen (secondary N) is 1. The highest BCUT2D eigenvalue weighted by atomic mass is 16.5. The lowest BCUT2D eigenvalue weighted by atomic mass is 10.2. The van der Waals surface area contributed by atoms with Gasteiger partial charge in [-0.15, -0.1) is 0 Å². The van der Waals surface area contributed by atoms with Gasteiger partial charge in [-0.3, -0.25) is 0 Å². The van der Waals surface area contributed by atoms with E-state index in [1.54, 1.807) is 6.20 Å². The van der Waals surface area contributed by atoms with E-state index in [9.17, 15) is 0 Å². The number of nitrogens with two attached hydrogens (primary N) is 2. The summed E-state index contributed by atoms with van der Waals surface area (Å²) < 4.78 is 5.80. The van der Waals surface area contributed by atoms with Gasteiger partial charge in [-0.1, -0.05) is 30.3 Å². The molecule has 0 aliphatic carbocycles. The predicted octanol–water partition coefficient (Wildman–Crippen LogP) is 2.67. The van der Waals surface area contributed by atoms with Crippen molar-refractivity contribution in [3.8, 4) is 11.5 Å². The molecule has 0 saturated carbocycles. The maximum Gasteiger partial charge on any atom is 0.224 e. The molecule has 5 N–H and O–H groups in total. The summed E-state index contributed by atoms with van der Waals surface area (Å²) in [5, 5.41) is 3.33. The maximum absolute atomic E-state index is 5.85. The molecule has 140 valence electrons. The average molecular weight is 373 g/mol. The highest BCUT2D eigenvalue weighted by molar-refractivity contribution is 5.81. The fourth-order valence-electron chi connectivity index (χ4n) is 2.70. The molecule has 0 saturated heterocycles. The molecule has 2 aromatic heterocycles. The first-order chi connectivity index (χ1) is 13.7. The Morgan fingerprint density at radius 2 is 1.57 bits per heavy atom. The van der Waals surface area contributed by atoms with E-state index in [-0.39, 0.29) is 11.8 Å². The number of nitrogen functional groups attached to an aromatic ring is 2. The van der Waals surface area contributed by atoms with Crippen molar-refractivity contribution in [3.63, 3.8) is 0 Å². The molecule has 0 atom stereocenters. The fraction of sp³-hybridized carbons (Fsp3) is 0.100. The van der Waals surface area contributed by atoms with Crippen LogP contribution in [0.4, 0.5) is 11.8 Å². The number of ether oxygens (including phenoxy) is 1. The van der Waals surface area contributed by atoms with E-state index in [1.165, 1.54) is 0 Å². The van der Waals surface area contributed by atoms with Gasteiger partial charge in [0.25, 0.3) is 0 Å². The van der Waals surface area contributed by atoms with Gasteiger partial charge in [-0.25, -0.2) is 9.97 Å². The smallest absolute Gasteiger partial charge is 0.224 e. The van der Waals surface area contributed by atoms with Crippen LogP contribution in [-0.2, 0) is 13.1 Å². The molecular weight excluding hydrogens is 354 g/mol. The number of hydrogen-bond acceptors (Lipinski definition) is 8. The van der Waals surface area contributed by atoms with Gasteiger partial charge in [0.2, 0.25) is 5.95 Å². The van der Waals surface area contributed by atoms with Crippen molar-refractivity contribution in [2.45, 2.75) is 13.1 Å². The van der Waals surface area contributed by atoms with E-state index in [2.05, 4.69) is 25.3 Å². The van der Waals surface area contributed by atoms with Crippen LogP contribution in [0.2, 0.25) is 0 Å². The summed E-state index contributed by atoms with van der Waals surface area (Å²) in [4.78, 5) is 16.7. The minimum atomic E-state index is 0.0878. The second-order valence-corrected chi connectivity index (χ2v) is 6.16. The molecule has 0 fully saturated rings. The van der Waals surface area contributed by atoms with E-state index in [4.69, 9.17) is 16.2 Å². The standard InChI is InChI=1S/C20H19N7O/c21-18-17-19(27-20(22)26-18)24-12-14(25-17)11-23-10-13-6-8-16(9-7-13)28-15-4-2-1-3-5-15/h1-9,12,23H,10-11H2,(H4,21,22,24,26,27). The lowest BCUT2D eigenvalue weighted by Crippen LogP contribution is -2.14. The highest BCUT2D eigenvalue weighted by Crippen LogP contribution is 2.21. The number of rotatable bonds is 6. The molecule has 0 bridgehead atoms. The summed E-state index contributed by atoms with van der Waals surface area (Å²) in [5.74, 6) is 1.93. The van der Waals surface area contributed by atoms with Crippen molar-refractivity contribution in [2.75, 3.05) is 11.5 Å². The molecule has 8 heteroatoms. The first-order valence-corrected chi connectivity index (χ1v) is 8.74. The summed E-state index contributed by atoms with van der Waals surface area (Å²) in [6, 6.07) is 17.6. The van der Waals surface area contributed by atoms with Crippen LogP contribution in [0.5, 0.6) is 11.5 Å². The predicted molar refractivity (Wildman–Crippen MR) is 107 cm³/mol. The topological polar surface area (TPSA) is 125 Å². The zero-order chi connectivity index (χ0) is 19.3. The molecule has 0 aliphatic heterocycles. The number of nitrogens with zero attached hydrogens (tertiary/aromatic N) is 4. The van der Waals surface area contributed by atoms with Crippen LogP contribution in [0.25, 0.3) is 11.2 Å². The van der Waals surface area contributed by atoms with Crippen molar-refractivity contribution in [3.05, 3.63) is 72.1 Å². The lowest BCUT2D eigenvalue weighted by Gasteiger charge is -2.08. The van der Waals surface area contributed by atoms with Crippen LogP contribution < -0.4 is 21.5 Å². The Labute approximate surface area is 161 Å². The van der Waals surface area contributed by atoms with E-state index in [0.717, 1.165) is 22.8 Å². The second kappa shape index (κ2) is 7.85. The van der Waals surface area contributed by atoms with Gasteiger partial charge >= 0.3 is 0 Å². The van der Waals surface area contributed by atoms with Crippen LogP contribution in [0.15, 0.2) is 60.8 Å². The zero-order valence-corrected chi connectivity index (χ0v) is 15.0. The molecule has 28 heavy (non-hydrogen) atoms. The summed E-state index contributed by atoms with van der Waals surface area (Å²) in [6.07, 6.45) is 1.65. The Morgan fingerprint density at radius 1 is 0.821 bits per heavy atom.